The molecule has 48 heavy (non-hydrogen) atoms. The molecule has 4 rings (SSSR count). The van der Waals surface area contributed by atoms with E-state index < -0.39 is 12.6 Å². The van der Waals surface area contributed by atoms with Crippen LogP contribution in [0.4, 0.5) is 0 Å². The summed E-state index contributed by atoms with van der Waals surface area (Å²) in [5.41, 5.74) is 4.87. The third-order valence-corrected chi connectivity index (χ3v) is 10.9. The van der Waals surface area contributed by atoms with Crippen molar-refractivity contribution in [3.63, 3.8) is 0 Å². The molecule has 2 aromatic rings. The minimum absolute atomic E-state index is 0.0680. The maximum atomic E-state index is 11.9. The van der Waals surface area contributed by atoms with Crippen LogP contribution < -0.4 is 0 Å². The van der Waals surface area contributed by atoms with Crippen molar-refractivity contribution in [1.82, 2.24) is 0 Å². The lowest BCUT2D eigenvalue weighted by atomic mass is 9.70. The van der Waals surface area contributed by atoms with Crippen molar-refractivity contribution in [2.45, 2.75) is 117 Å². The number of unbranched alkanes of at least 4 members (excludes halogenated alkanes) is 2. The van der Waals surface area contributed by atoms with Gasteiger partial charge >= 0.3 is 11.9 Å². The third-order valence-electron chi connectivity index (χ3n) is 10.9. The summed E-state index contributed by atoms with van der Waals surface area (Å²) in [4.78, 5) is 23.7. The molecule has 0 aliphatic heterocycles. The van der Waals surface area contributed by atoms with Gasteiger partial charge in [0.05, 0.1) is 25.4 Å². The fraction of sp³-hybridized carbons (Fsp3) is 0.581. The summed E-state index contributed by atoms with van der Waals surface area (Å²) in [5, 5.41) is 11.8. The third kappa shape index (κ3) is 11.8. The molecule has 2 aliphatic rings. The number of aliphatic hydroxyl groups is 1. The van der Waals surface area contributed by atoms with E-state index in [4.69, 9.17) is 14.6 Å². The summed E-state index contributed by atoms with van der Waals surface area (Å²) in [6, 6.07) is 14.1. The highest BCUT2D eigenvalue weighted by atomic mass is 16.5. The molecule has 0 heterocycles. The van der Waals surface area contributed by atoms with E-state index in [0.29, 0.717) is 24.5 Å². The van der Waals surface area contributed by atoms with Crippen LogP contribution in [-0.2, 0) is 25.5 Å². The van der Waals surface area contributed by atoms with Crippen molar-refractivity contribution in [3.8, 4) is 0 Å². The molecule has 2 aromatic carbocycles. The van der Waals surface area contributed by atoms with E-state index in [1.165, 1.54) is 105 Å². The molecule has 0 saturated heterocycles. The number of esters is 2. The molecule has 5 heteroatoms. The molecule has 2 aliphatic carbocycles. The van der Waals surface area contributed by atoms with Gasteiger partial charge in [0.15, 0.2) is 0 Å². The van der Waals surface area contributed by atoms with E-state index in [1.807, 2.05) is 0 Å². The number of rotatable bonds is 19. The van der Waals surface area contributed by atoms with Crippen LogP contribution in [0.5, 0.6) is 0 Å². The minimum atomic E-state index is -0.549. The van der Waals surface area contributed by atoms with Gasteiger partial charge in [-0.05, 0) is 122 Å². The standard InChI is InChI=1S/C43H60O5/c1-5-6-7-9-35-14-17-41-29-40(23-22-39(41)28-35)38-20-18-37(19-21-38)36-15-12-33(13-16-36)10-8-11-34(24-26-47-42(45)31(2)3)25-27-48-43(46)32(4)30-44/h14,17,20,22-23,28-29,33-34,36-37,44H,2,4-13,15-16,18-19,21,24-27,30H2,1,3H3. The Morgan fingerprint density at radius 1 is 0.854 bits per heavy atom. The Labute approximate surface area is 289 Å². The fourth-order valence-electron chi connectivity index (χ4n) is 7.78. The average Bonchev–Trinajstić information content (AvgIpc) is 3.11. The molecule has 1 saturated carbocycles. The van der Waals surface area contributed by atoms with Gasteiger partial charge in [0.2, 0.25) is 0 Å². The van der Waals surface area contributed by atoms with Crippen LogP contribution in [0.25, 0.3) is 16.3 Å². The number of carbonyl (C=O) groups is 2. The van der Waals surface area contributed by atoms with Crippen LogP contribution in [0.2, 0.25) is 0 Å². The van der Waals surface area contributed by atoms with E-state index >= 15 is 0 Å². The number of fused-ring (bicyclic) bond motifs is 1. The smallest absolute Gasteiger partial charge is 0.335 e. The minimum Gasteiger partial charge on any atom is -0.462 e. The highest BCUT2D eigenvalue weighted by molar-refractivity contribution is 5.88. The number of hydrogen-bond acceptors (Lipinski definition) is 5. The van der Waals surface area contributed by atoms with Crippen LogP contribution in [0, 0.1) is 23.7 Å². The molecular formula is C43H60O5. The number of aryl methyl sites for hydroxylation is 1. The molecule has 1 fully saturated rings. The number of ether oxygens (including phenoxy) is 2. The summed E-state index contributed by atoms with van der Waals surface area (Å²) >= 11 is 0. The summed E-state index contributed by atoms with van der Waals surface area (Å²) in [7, 11) is 0. The first-order valence-electron chi connectivity index (χ1n) is 18.8. The molecule has 0 radical (unpaired) electrons. The second-order valence-corrected chi connectivity index (χ2v) is 14.6. The summed E-state index contributed by atoms with van der Waals surface area (Å²) in [5.74, 6) is 1.84. The van der Waals surface area contributed by atoms with Gasteiger partial charge in [-0.1, -0.05) is 101 Å². The van der Waals surface area contributed by atoms with Gasteiger partial charge in [-0.3, -0.25) is 0 Å². The maximum absolute atomic E-state index is 11.9. The first-order valence-corrected chi connectivity index (χ1v) is 18.8. The molecule has 1 N–H and O–H groups in total. The molecule has 0 amide bonds. The zero-order chi connectivity index (χ0) is 34.3. The zero-order valence-corrected chi connectivity index (χ0v) is 29.8. The fourth-order valence-corrected chi connectivity index (χ4v) is 7.78. The first-order chi connectivity index (χ1) is 23.3. The lowest BCUT2D eigenvalue weighted by molar-refractivity contribution is -0.139. The Bertz CT molecular complexity index is 1400. The van der Waals surface area contributed by atoms with Crippen molar-refractivity contribution >= 4 is 28.3 Å². The van der Waals surface area contributed by atoms with Crippen LogP contribution in [0.15, 0.2) is 66.8 Å². The molecule has 0 aromatic heterocycles. The molecule has 262 valence electrons. The predicted octanol–water partition coefficient (Wildman–Crippen LogP) is 10.3. The van der Waals surface area contributed by atoms with Crippen LogP contribution >= 0.6 is 0 Å². The van der Waals surface area contributed by atoms with Gasteiger partial charge < -0.3 is 14.6 Å². The lowest BCUT2D eigenvalue weighted by Crippen LogP contribution is -2.23. The Hall–Kier alpha value is -3.18. The molecular weight excluding hydrogens is 596 g/mol. The van der Waals surface area contributed by atoms with Gasteiger partial charge in [0.25, 0.3) is 0 Å². The van der Waals surface area contributed by atoms with Gasteiger partial charge in [0.1, 0.15) is 0 Å². The molecule has 5 nitrogen and oxygen atoms in total. The average molecular weight is 657 g/mol. The van der Waals surface area contributed by atoms with Crippen LogP contribution in [-0.4, -0.2) is 36.9 Å². The van der Waals surface area contributed by atoms with E-state index in [2.05, 4.69) is 62.6 Å². The number of benzene rings is 2. The largest absolute Gasteiger partial charge is 0.462 e. The zero-order valence-electron chi connectivity index (χ0n) is 29.8. The Balaban J connectivity index is 1.19. The molecule has 2 atom stereocenters. The molecule has 0 spiro atoms. The Morgan fingerprint density at radius 3 is 2.23 bits per heavy atom. The number of allylic oxidation sites excluding steroid dienone is 2. The van der Waals surface area contributed by atoms with Crippen molar-refractivity contribution in [3.05, 3.63) is 77.9 Å². The number of hydrogen-bond donors (Lipinski definition) is 1. The summed E-state index contributed by atoms with van der Waals surface area (Å²) in [6.07, 6.45) is 21.5. The topological polar surface area (TPSA) is 72.8 Å². The highest BCUT2D eigenvalue weighted by Gasteiger charge is 2.29. The molecule has 0 bridgehead atoms. The molecule has 2 unspecified atom stereocenters. The number of carbonyl (C=O) groups excluding carboxylic acids is 2. The van der Waals surface area contributed by atoms with Crippen LogP contribution in [0.1, 0.15) is 121 Å². The van der Waals surface area contributed by atoms with Crippen LogP contribution in [0.3, 0.4) is 0 Å². The quantitative estimate of drug-likeness (QED) is 0.0925. The second kappa shape index (κ2) is 19.7. The van der Waals surface area contributed by atoms with Crippen molar-refractivity contribution in [2.75, 3.05) is 19.8 Å². The van der Waals surface area contributed by atoms with Crippen molar-refractivity contribution in [2.24, 2.45) is 23.7 Å². The van der Waals surface area contributed by atoms with Crippen molar-refractivity contribution in [1.29, 1.82) is 0 Å². The van der Waals surface area contributed by atoms with E-state index in [0.717, 1.165) is 37.0 Å². The Kier molecular flexibility index (Phi) is 15.5. The normalized spacial score (nSPS) is 20.1. The van der Waals surface area contributed by atoms with Gasteiger partial charge in [-0.15, -0.1) is 0 Å². The van der Waals surface area contributed by atoms with Crippen molar-refractivity contribution < 1.29 is 24.2 Å². The lowest BCUT2D eigenvalue weighted by Gasteiger charge is -2.35. The highest BCUT2D eigenvalue weighted by Crippen LogP contribution is 2.42. The van der Waals surface area contributed by atoms with Gasteiger partial charge in [0, 0.05) is 5.57 Å². The summed E-state index contributed by atoms with van der Waals surface area (Å²) in [6.45, 7) is 11.3. The van der Waals surface area contributed by atoms with Gasteiger partial charge in [-0.25, -0.2) is 9.59 Å². The van der Waals surface area contributed by atoms with E-state index in [1.54, 1.807) is 6.92 Å². The monoisotopic (exact) mass is 656 g/mol. The Morgan fingerprint density at radius 2 is 1.56 bits per heavy atom. The maximum Gasteiger partial charge on any atom is 0.335 e. The van der Waals surface area contributed by atoms with E-state index in [9.17, 15) is 9.59 Å². The summed E-state index contributed by atoms with van der Waals surface area (Å²) < 4.78 is 10.6. The first kappa shape index (κ1) is 37.6. The predicted molar refractivity (Wildman–Crippen MR) is 197 cm³/mol. The SMILES string of the molecule is C=C(C)C(=O)OCCC(CCCC1CCC(C2CC=C(c3ccc4cc(CCCCC)ccc4c3)CC2)CC1)CCOC(=O)C(=C)CO. The number of aliphatic hydroxyl groups excluding tert-OH is 1. The second-order valence-electron chi connectivity index (χ2n) is 14.6. The van der Waals surface area contributed by atoms with E-state index in [-0.39, 0.29) is 18.1 Å². The van der Waals surface area contributed by atoms with Gasteiger partial charge in [-0.2, -0.15) is 0 Å².